The molecule has 0 aliphatic carbocycles. The summed E-state index contributed by atoms with van der Waals surface area (Å²) in [6.07, 6.45) is 2.36. The van der Waals surface area contributed by atoms with Crippen molar-refractivity contribution in [3.8, 4) is 16.9 Å². The molecule has 1 heterocycles. The summed E-state index contributed by atoms with van der Waals surface area (Å²) in [5.41, 5.74) is 4.34. The molecular weight excluding hydrogens is 623 g/mol. The second kappa shape index (κ2) is 12.3. The van der Waals surface area contributed by atoms with E-state index in [2.05, 4.69) is 32.9 Å². The zero-order valence-electron chi connectivity index (χ0n) is 21.1. The van der Waals surface area contributed by atoms with Crippen LogP contribution in [-0.2, 0) is 11.3 Å². The number of amides is 1. The molecule has 0 fully saturated rings. The Kier molecular flexibility index (Phi) is 9.08. The van der Waals surface area contributed by atoms with Crippen LogP contribution < -0.4 is 10.9 Å². The van der Waals surface area contributed by atoms with Gasteiger partial charge in [-0.15, -0.1) is 0 Å². The van der Waals surface area contributed by atoms with Gasteiger partial charge in [-0.2, -0.15) is 0 Å². The van der Waals surface area contributed by atoms with E-state index in [4.69, 9.17) is 34.8 Å². The second-order valence-corrected chi connectivity index (χ2v) is 10.9. The summed E-state index contributed by atoms with van der Waals surface area (Å²) in [6, 6.07) is 18.2. The van der Waals surface area contributed by atoms with Crippen LogP contribution in [-0.4, -0.2) is 28.1 Å². The van der Waals surface area contributed by atoms with Crippen molar-refractivity contribution in [1.82, 2.24) is 20.0 Å². The van der Waals surface area contributed by atoms with Gasteiger partial charge in [-0.05, 0) is 42.8 Å². The highest BCUT2D eigenvalue weighted by atomic mass is 79.9. The fourth-order valence-corrected chi connectivity index (χ4v) is 5.52. The van der Waals surface area contributed by atoms with Crippen LogP contribution in [0.1, 0.15) is 16.7 Å². The van der Waals surface area contributed by atoms with Gasteiger partial charge in [0.2, 0.25) is 6.41 Å². The standard InChI is InChI=1S/C29H24BrCl3N4O2/c1-17-4-6-19(7-5-17)15-36(16-38)18(2)26(34-3)14-23-27(20-8-10-22(31)11-9-20)35-37(29(23)39)28-24(32)12-21(30)13-25(28)33/h4-14,16,34-35H,2,15H2,1,3H3/b26-14-. The number of aromatic nitrogens is 2. The van der Waals surface area contributed by atoms with Gasteiger partial charge in [0, 0.05) is 22.1 Å². The Balaban J connectivity index is 1.85. The first kappa shape index (κ1) is 28.8. The number of rotatable bonds is 9. The summed E-state index contributed by atoms with van der Waals surface area (Å²) < 4.78 is 1.97. The van der Waals surface area contributed by atoms with Crippen molar-refractivity contribution >= 4 is 63.2 Å². The third-order valence-corrected chi connectivity index (χ3v) is 7.37. The van der Waals surface area contributed by atoms with Crippen molar-refractivity contribution in [1.29, 1.82) is 0 Å². The van der Waals surface area contributed by atoms with Gasteiger partial charge in [-0.3, -0.25) is 14.7 Å². The van der Waals surface area contributed by atoms with Crippen molar-refractivity contribution < 1.29 is 4.79 Å². The number of H-pyrrole nitrogens is 1. The van der Waals surface area contributed by atoms with Gasteiger partial charge in [0.15, 0.2) is 0 Å². The molecule has 4 aromatic rings. The lowest BCUT2D eigenvalue weighted by atomic mass is 10.1. The Bertz CT molecular complexity index is 1600. The molecule has 0 atom stereocenters. The molecular formula is C29H24BrCl3N4O2. The summed E-state index contributed by atoms with van der Waals surface area (Å²) in [5.74, 6) is 0. The fraction of sp³-hybridized carbons (Fsp3) is 0.103. The van der Waals surface area contributed by atoms with Crippen molar-refractivity contribution in [2.75, 3.05) is 7.05 Å². The van der Waals surface area contributed by atoms with Crippen LogP contribution in [0.15, 0.2) is 87.9 Å². The lowest BCUT2D eigenvalue weighted by molar-refractivity contribution is -0.116. The Hall–Kier alpha value is -3.23. The third kappa shape index (κ3) is 6.34. The van der Waals surface area contributed by atoms with E-state index in [9.17, 15) is 9.59 Å². The first-order valence-electron chi connectivity index (χ1n) is 11.7. The number of carbonyl (C=O) groups is 1. The van der Waals surface area contributed by atoms with Crippen molar-refractivity contribution in [2.45, 2.75) is 13.5 Å². The van der Waals surface area contributed by atoms with Crippen LogP contribution in [0.3, 0.4) is 0 Å². The fourth-order valence-electron chi connectivity index (χ4n) is 4.01. The molecule has 1 aromatic heterocycles. The Morgan fingerprint density at radius 2 is 1.69 bits per heavy atom. The first-order chi connectivity index (χ1) is 18.6. The van der Waals surface area contributed by atoms with Gasteiger partial charge >= 0.3 is 0 Å². The van der Waals surface area contributed by atoms with Crippen LogP contribution in [0.4, 0.5) is 0 Å². The van der Waals surface area contributed by atoms with E-state index < -0.39 is 5.56 Å². The number of aromatic amines is 1. The Labute approximate surface area is 249 Å². The number of nitrogens with one attached hydrogen (secondary N) is 2. The van der Waals surface area contributed by atoms with Gasteiger partial charge < -0.3 is 10.2 Å². The van der Waals surface area contributed by atoms with Gasteiger partial charge in [-0.25, -0.2) is 4.68 Å². The third-order valence-electron chi connectivity index (χ3n) is 6.08. The predicted molar refractivity (Wildman–Crippen MR) is 164 cm³/mol. The number of hydrogen-bond acceptors (Lipinski definition) is 3. The highest BCUT2D eigenvalue weighted by Gasteiger charge is 2.21. The molecule has 3 aromatic carbocycles. The summed E-state index contributed by atoms with van der Waals surface area (Å²) >= 11 is 22.5. The molecule has 1 amide bonds. The van der Waals surface area contributed by atoms with E-state index in [1.165, 1.54) is 9.58 Å². The van der Waals surface area contributed by atoms with Crippen LogP contribution in [0.5, 0.6) is 0 Å². The highest BCUT2D eigenvalue weighted by Crippen LogP contribution is 2.33. The van der Waals surface area contributed by atoms with E-state index >= 15 is 0 Å². The molecule has 0 spiro atoms. The van der Waals surface area contributed by atoms with Crippen LogP contribution >= 0.6 is 50.7 Å². The van der Waals surface area contributed by atoms with Gasteiger partial charge in [0.25, 0.3) is 5.56 Å². The van der Waals surface area contributed by atoms with Gasteiger partial charge in [0.05, 0.1) is 39.2 Å². The maximum absolute atomic E-state index is 13.8. The monoisotopic (exact) mass is 644 g/mol. The minimum atomic E-state index is -0.400. The molecule has 10 heteroatoms. The number of halogens is 4. The lowest BCUT2D eigenvalue weighted by Gasteiger charge is -2.22. The average Bonchev–Trinajstić information content (AvgIpc) is 3.21. The van der Waals surface area contributed by atoms with E-state index in [0.717, 1.165) is 11.1 Å². The second-order valence-electron chi connectivity index (χ2n) is 8.74. The van der Waals surface area contributed by atoms with Crippen molar-refractivity contribution in [3.63, 3.8) is 0 Å². The van der Waals surface area contributed by atoms with Gasteiger partial charge in [0.1, 0.15) is 5.69 Å². The van der Waals surface area contributed by atoms with E-state index in [1.807, 2.05) is 31.2 Å². The lowest BCUT2D eigenvalue weighted by Crippen LogP contribution is -2.25. The van der Waals surface area contributed by atoms with Crippen molar-refractivity contribution in [3.05, 3.63) is 125 Å². The summed E-state index contributed by atoms with van der Waals surface area (Å²) in [6.45, 7) is 6.44. The summed E-state index contributed by atoms with van der Waals surface area (Å²) in [7, 11) is 1.70. The van der Waals surface area contributed by atoms with Gasteiger partial charge in [-0.1, -0.05) is 99.3 Å². The normalized spacial score (nSPS) is 11.4. The van der Waals surface area contributed by atoms with E-state index in [0.29, 0.717) is 56.4 Å². The number of aryl methyl sites for hydroxylation is 1. The number of likely N-dealkylation sites (N-methyl/N-ethyl adjacent to an activating group) is 1. The maximum atomic E-state index is 13.8. The quantitative estimate of drug-likeness (QED) is 0.145. The molecule has 0 saturated heterocycles. The SMILES string of the molecule is C=C(/C(=C/c1c(-c2ccc(Cl)cc2)[nH]n(-c2c(Cl)cc(Br)cc2Cl)c1=O)NC)N(C=O)Cc1ccc(C)cc1. The number of hydrogen-bond donors (Lipinski definition) is 2. The van der Waals surface area contributed by atoms with Crippen LogP contribution in [0.25, 0.3) is 23.0 Å². The average molecular weight is 647 g/mol. The molecule has 0 saturated carbocycles. The molecule has 2 N–H and O–H groups in total. The van der Waals surface area contributed by atoms with E-state index in [1.54, 1.807) is 49.5 Å². The molecule has 0 aliphatic rings. The molecule has 39 heavy (non-hydrogen) atoms. The topological polar surface area (TPSA) is 70.1 Å². The minimum Gasteiger partial charge on any atom is -0.386 e. The molecule has 0 bridgehead atoms. The van der Waals surface area contributed by atoms with Crippen LogP contribution in [0.2, 0.25) is 15.1 Å². The van der Waals surface area contributed by atoms with E-state index in [-0.39, 0.29) is 10.0 Å². The molecule has 0 aliphatic heterocycles. The maximum Gasteiger partial charge on any atom is 0.279 e. The number of benzene rings is 3. The summed E-state index contributed by atoms with van der Waals surface area (Å²) in [4.78, 5) is 27.4. The molecule has 0 radical (unpaired) electrons. The molecule has 0 unspecified atom stereocenters. The minimum absolute atomic E-state index is 0.277. The zero-order valence-corrected chi connectivity index (χ0v) is 24.9. The zero-order chi connectivity index (χ0) is 28.3. The Morgan fingerprint density at radius 3 is 2.26 bits per heavy atom. The van der Waals surface area contributed by atoms with Crippen molar-refractivity contribution in [2.24, 2.45) is 0 Å². The number of nitrogens with zero attached hydrogens (tertiary/aromatic N) is 2. The highest BCUT2D eigenvalue weighted by molar-refractivity contribution is 9.10. The largest absolute Gasteiger partial charge is 0.386 e. The van der Waals surface area contributed by atoms with Crippen LogP contribution in [0, 0.1) is 6.92 Å². The first-order valence-corrected chi connectivity index (χ1v) is 13.7. The molecule has 200 valence electrons. The molecule has 6 nitrogen and oxygen atoms in total. The molecule has 4 rings (SSSR count). The Morgan fingerprint density at radius 1 is 1.08 bits per heavy atom. The number of carbonyl (C=O) groups excluding carboxylic acids is 1. The smallest absolute Gasteiger partial charge is 0.279 e. The summed E-state index contributed by atoms with van der Waals surface area (Å²) in [5, 5.41) is 7.33. The predicted octanol–water partition coefficient (Wildman–Crippen LogP) is 7.60.